The van der Waals surface area contributed by atoms with Gasteiger partial charge in [0.2, 0.25) is 5.91 Å². The number of urea groups is 1. The van der Waals surface area contributed by atoms with Crippen LogP contribution in [-0.4, -0.2) is 29.4 Å². The SMILES string of the molecule is NC(=O)N1CCC[C@H]1C(=O)Nc1cccc(OCc2cccc(F)c2)c1. The van der Waals surface area contributed by atoms with Crippen molar-refractivity contribution in [2.75, 3.05) is 11.9 Å². The van der Waals surface area contributed by atoms with Crippen LogP contribution in [0, 0.1) is 5.82 Å². The monoisotopic (exact) mass is 357 g/mol. The number of hydrogen-bond acceptors (Lipinski definition) is 3. The molecule has 0 bridgehead atoms. The summed E-state index contributed by atoms with van der Waals surface area (Å²) in [4.78, 5) is 25.2. The highest BCUT2D eigenvalue weighted by atomic mass is 19.1. The molecule has 0 aromatic heterocycles. The van der Waals surface area contributed by atoms with Crippen LogP contribution in [0.2, 0.25) is 0 Å². The molecule has 2 aromatic rings. The number of amides is 3. The predicted octanol–water partition coefficient (Wildman–Crippen LogP) is 2.89. The second kappa shape index (κ2) is 7.86. The minimum Gasteiger partial charge on any atom is -0.489 e. The second-order valence-corrected chi connectivity index (χ2v) is 6.13. The first-order valence-corrected chi connectivity index (χ1v) is 8.37. The summed E-state index contributed by atoms with van der Waals surface area (Å²) < 4.78 is 18.8. The molecular formula is C19H20FN3O3. The van der Waals surface area contributed by atoms with E-state index >= 15 is 0 Å². The third-order valence-corrected chi connectivity index (χ3v) is 4.23. The Bertz CT molecular complexity index is 812. The number of likely N-dealkylation sites (tertiary alicyclic amines) is 1. The van der Waals surface area contributed by atoms with Gasteiger partial charge in [-0.2, -0.15) is 0 Å². The highest BCUT2D eigenvalue weighted by molar-refractivity contribution is 5.97. The third-order valence-electron chi connectivity index (χ3n) is 4.23. The Kier molecular flexibility index (Phi) is 5.36. The van der Waals surface area contributed by atoms with Crippen molar-refractivity contribution >= 4 is 17.6 Å². The average Bonchev–Trinajstić information content (AvgIpc) is 3.11. The standard InChI is InChI=1S/C19H20FN3O3/c20-14-5-1-4-13(10-14)12-26-16-7-2-6-15(11-16)22-18(24)17-8-3-9-23(17)19(21)25/h1-2,4-7,10-11,17H,3,8-9,12H2,(H2,21,25)(H,22,24)/t17-/m0/s1. The van der Waals surface area contributed by atoms with Gasteiger partial charge >= 0.3 is 6.03 Å². The quantitative estimate of drug-likeness (QED) is 0.863. The average molecular weight is 357 g/mol. The van der Waals surface area contributed by atoms with Crippen LogP contribution in [0.1, 0.15) is 18.4 Å². The van der Waals surface area contributed by atoms with Gasteiger partial charge in [-0.15, -0.1) is 0 Å². The summed E-state index contributed by atoms with van der Waals surface area (Å²) in [7, 11) is 0. The lowest BCUT2D eigenvalue weighted by Crippen LogP contribution is -2.45. The van der Waals surface area contributed by atoms with Gasteiger partial charge in [-0.25, -0.2) is 9.18 Å². The molecule has 1 fully saturated rings. The van der Waals surface area contributed by atoms with Crippen molar-refractivity contribution in [1.29, 1.82) is 0 Å². The van der Waals surface area contributed by atoms with Crippen LogP contribution < -0.4 is 15.8 Å². The molecule has 2 aromatic carbocycles. The van der Waals surface area contributed by atoms with Gasteiger partial charge in [-0.05, 0) is 42.7 Å². The predicted molar refractivity (Wildman–Crippen MR) is 95.1 cm³/mol. The number of anilines is 1. The molecule has 1 aliphatic heterocycles. The molecule has 6 nitrogen and oxygen atoms in total. The minimum absolute atomic E-state index is 0.216. The summed E-state index contributed by atoms with van der Waals surface area (Å²) >= 11 is 0. The van der Waals surface area contributed by atoms with Gasteiger partial charge in [-0.1, -0.05) is 18.2 Å². The number of ether oxygens (including phenoxy) is 1. The fraction of sp³-hybridized carbons (Fsp3) is 0.263. The van der Waals surface area contributed by atoms with Gasteiger partial charge in [0.15, 0.2) is 0 Å². The molecule has 0 spiro atoms. The van der Waals surface area contributed by atoms with Crippen molar-refractivity contribution in [2.24, 2.45) is 5.73 Å². The smallest absolute Gasteiger partial charge is 0.315 e. The van der Waals surface area contributed by atoms with Crippen LogP contribution in [0.4, 0.5) is 14.9 Å². The van der Waals surface area contributed by atoms with Crippen molar-refractivity contribution < 1.29 is 18.7 Å². The van der Waals surface area contributed by atoms with Gasteiger partial charge < -0.3 is 20.7 Å². The Hall–Kier alpha value is -3.09. The zero-order valence-electron chi connectivity index (χ0n) is 14.2. The molecule has 0 radical (unpaired) electrons. The van der Waals surface area contributed by atoms with Crippen LogP contribution in [0.5, 0.6) is 5.75 Å². The van der Waals surface area contributed by atoms with Crippen molar-refractivity contribution in [3.05, 3.63) is 59.9 Å². The summed E-state index contributed by atoms with van der Waals surface area (Å²) in [5.41, 5.74) is 6.58. The lowest BCUT2D eigenvalue weighted by molar-refractivity contribution is -0.119. The van der Waals surface area contributed by atoms with Crippen molar-refractivity contribution in [2.45, 2.75) is 25.5 Å². The van der Waals surface area contributed by atoms with Gasteiger partial charge in [0.05, 0.1) is 0 Å². The maximum absolute atomic E-state index is 13.2. The lowest BCUT2D eigenvalue weighted by Gasteiger charge is -2.21. The first-order chi connectivity index (χ1) is 12.5. The highest BCUT2D eigenvalue weighted by Crippen LogP contribution is 2.22. The van der Waals surface area contributed by atoms with Crippen LogP contribution in [0.15, 0.2) is 48.5 Å². The number of halogens is 1. The fourth-order valence-electron chi connectivity index (χ4n) is 2.99. The van der Waals surface area contributed by atoms with E-state index in [1.807, 2.05) is 0 Å². The summed E-state index contributed by atoms with van der Waals surface area (Å²) in [5.74, 6) is -0.0449. The molecule has 3 amide bonds. The van der Waals surface area contributed by atoms with Crippen LogP contribution in [-0.2, 0) is 11.4 Å². The molecule has 1 saturated heterocycles. The summed E-state index contributed by atoms with van der Waals surface area (Å²) in [6.45, 7) is 0.706. The van der Waals surface area contributed by atoms with E-state index in [-0.39, 0.29) is 18.3 Å². The first-order valence-electron chi connectivity index (χ1n) is 8.37. The minimum atomic E-state index is -0.588. The van der Waals surface area contributed by atoms with E-state index in [2.05, 4.69) is 5.32 Å². The van der Waals surface area contributed by atoms with E-state index in [0.717, 1.165) is 6.42 Å². The van der Waals surface area contributed by atoms with Crippen molar-refractivity contribution in [3.63, 3.8) is 0 Å². The van der Waals surface area contributed by atoms with E-state index in [1.54, 1.807) is 36.4 Å². The number of primary amides is 1. The van der Waals surface area contributed by atoms with Crippen LogP contribution in [0.3, 0.4) is 0 Å². The lowest BCUT2D eigenvalue weighted by atomic mass is 10.2. The maximum atomic E-state index is 13.2. The molecule has 1 atom stereocenters. The van der Waals surface area contributed by atoms with Crippen LogP contribution >= 0.6 is 0 Å². The first kappa shape index (κ1) is 17.7. The van der Waals surface area contributed by atoms with E-state index in [0.29, 0.717) is 30.0 Å². The number of nitrogens with one attached hydrogen (secondary N) is 1. The molecule has 3 rings (SSSR count). The van der Waals surface area contributed by atoms with Gasteiger partial charge in [0.25, 0.3) is 0 Å². The maximum Gasteiger partial charge on any atom is 0.315 e. The van der Waals surface area contributed by atoms with E-state index in [1.165, 1.54) is 17.0 Å². The fourth-order valence-corrected chi connectivity index (χ4v) is 2.99. The summed E-state index contributed by atoms with van der Waals surface area (Å²) in [6.07, 6.45) is 1.34. The van der Waals surface area contributed by atoms with E-state index in [9.17, 15) is 14.0 Å². The Morgan fingerprint density at radius 1 is 1.23 bits per heavy atom. The Labute approximate surface area is 150 Å². The van der Waals surface area contributed by atoms with E-state index in [4.69, 9.17) is 10.5 Å². The molecule has 0 saturated carbocycles. The number of nitrogens with zero attached hydrogens (tertiary/aromatic N) is 1. The van der Waals surface area contributed by atoms with Crippen LogP contribution in [0.25, 0.3) is 0 Å². The molecule has 0 unspecified atom stereocenters. The molecule has 26 heavy (non-hydrogen) atoms. The highest BCUT2D eigenvalue weighted by Gasteiger charge is 2.32. The number of hydrogen-bond donors (Lipinski definition) is 2. The zero-order chi connectivity index (χ0) is 18.5. The molecule has 3 N–H and O–H groups in total. The van der Waals surface area contributed by atoms with Gasteiger partial charge in [-0.3, -0.25) is 4.79 Å². The summed E-state index contributed by atoms with van der Waals surface area (Å²) in [5, 5.41) is 2.79. The number of carbonyl (C=O) groups is 2. The Morgan fingerprint density at radius 2 is 2.04 bits per heavy atom. The number of rotatable bonds is 5. The van der Waals surface area contributed by atoms with Gasteiger partial charge in [0, 0.05) is 18.3 Å². The molecule has 0 aliphatic carbocycles. The largest absolute Gasteiger partial charge is 0.489 e. The number of nitrogens with two attached hydrogens (primary N) is 1. The second-order valence-electron chi connectivity index (χ2n) is 6.13. The molecule has 7 heteroatoms. The number of benzene rings is 2. The van der Waals surface area contributed by atoms with Crippen molar-refractivity contribution in [1.82, 2.24) is 4.90 Å². The topological polar surface area (TPSA) is 84.7 Å². The summed E-state index contributed by atoms with van der Waals surface area (Å²) in [6, 6.07) is 11.9. The molecule has 1 aliphatic rings. The molecule has 1 heterocycles. The number of carbonyl (C=O) groups excluding carboxylic acids is 2. The zero-order valence-corrected chi connectivity index (χ0v) is 14.2. The molecular weight excluding hydrogens is 337 g/mol. The van der Waals surface area contributed by atoms with E-state index < -0.39 is 12.1 Å². The molecule has 136 valence electrons. The Balaban J connectivity index is 1.62. The third kappa shape index (κ3) is 4.30. The Morgan fingerprint density at radius 3 is 2.81 bits per heavy atom. The van der Waals surface area contributed by atoms with Gasteiger partial charge in [0.1, 0.15) is 24.2 Å². The van der Waals surface area contributed by atoms with Crippen molar-refractivity contribution in [3.8, 4) is 5.75 Å². The normalized spacial score (nSPS) is 16.3.